The second-order valence-electron chi connectivity index (χ2n) is 8.56. The first-order valence-corrected chi connectivity index (χ1v) is 11.6. The van der Waals surface area contributed by atoms with Crippen molar-refractivity contribution in [3.63, 3.8) is 0 Å². The average molecular weight is 425 g/mol. The molecule has 1 aliphatic carbocycles. The van der Waals surface area contributed by atoms with E-state index in [1.807, 2.05) is 26.0 Å². The van der Waals surface area contributed by atoms with Gasteiger partial charge in [0.05, 0.1) is 7.11 Å². The molecule has 1 atom stereocenters. The number of rotatable bonds is 11. The van der Waals surface area contributed by atoms with Gasteiger partial charge >= 0.3 is 5.97 Å². The molecule has 0 aromatic heterocycles. The fraction of sp³-hybridized carbons (Fsp3) is 0.519. The summed E-state index contributed by atoms with van der Waals surface area (Å²) < 4.78 is 17.1. The van der Waals surface area contributed by atoms with Crippen LogP contribution in [0.4, 0.5) is 0 Å². The molecule has 0 amide bonds. The van der Waals surface area contributed by atoms with Crippen molar-refractivity contribution in [1.29, 1.82) is 0 Å². The van der Waals surface area contributed by atoms with Crippen LogP contribution in [0.1, 0.15) is 79.4 Å². The molecule has 0 aliphatic heterocycles. The van der Waals surface area contributed by atoms with Crippen molar-refractivity contribution in [3.8, 4) is 11.5 Å². The van der Waals surface area contributed by atoms with Crippen molar-refractivity contribution in [3.05, 3.63) is 58.1 Å². The number of benzene rings is 2. The molecule has 1 unspecified atom stereocenters. The number of hydrogen-bond donors (Lipinski definition) is 0. The van der Waals surface area contributed by atoms with Crippen LogP contribution in [0, 0.1) is 13.8 Å². The Kier molecular flexibility index (Phi) is 8.39. The molecule has 2 aromatic rings. The van der Waals surface area contributed by atoms with E-state index in [1.54, 1.807) is 7.11 Å². The van der Waals surface area contributed by atoms with Crippen LogP contribution in [0.2, 0.25) is 0 Å². The van der Waals surface area contributed by atoms with Crippen LogP contribution in [0.5, 0.6) is 11.5 Å². The lowest BCUT2D eigenvalue weighted by molar-refractivity contribution is -0.151. The van der Waals surface area contributed by atoms with Gasteiger partial charge in [-0.05, 0) is 67.9 Å². The van der Waals surface area contributed by atoms with Crippen molar-refractivity contribution in [2.45, 2.75) is 78.2 Å². The molecular formula is C27H36O4. The topological polar surface area (TPSA) is 44.8 Å². The molecule has 0 bridgehead atoms. The predicted molar refractivity (Wildman–Crippen MR) is 124 cm³/mol. The molecule has 0 N–H and O–H groups in total. The van der Waals surface area contributed by atoms with E-state index in [-0.39, 0.29) is 18.7 Å². The number of hydrogen-bond acceptors (Lipinski definition) is 4. The van der Waals surface area contributed by atoms with Crippen LogP contribution in [-0.4, -0.2) is 19.7 Å². The summed E-state index contributed by atoms with van der Waals surface area (Å²) in [7, 11) is 1.65. The Morgan fingerprint density at radius 2 is 1.81 bits per heavy atom. The van der Waals surface area contributed by atoms with Crippen LogP contribution >= 0.6 is 0 Å². The highest BCUT2D eigenvalue weighted by Gasteiger charge is 2.29. The molecule has 0 spiro atoms. The van der Waals surface area contributed by atoms with Crippen LogP contribution in [0.25, 0.3) is 0 Å². The van der Waals surface area contributed by atoms with Gasteiger partial charge in [0.2, 0.25) is 0 Å². The number of aryl methyl sites for hydroxylation is 4. The monoisotopic (exact) mass is 424 g/mol. The van der Waals surface area contributed by atoms with Gasteiger partial charge in [-0.3, -0.25) is 0 Å². The van der Waals surface area contributed by atoms with E-state index in [4.69, 9.17) is 14.2 Å². The molecule has 0 saturated heterocycles. The number of methoxy groups -OCH3 is 1. The third-order valence-corrected chi connectivity index (χ3v) is 6.07. The molecule has 4 heteroatoms. The van der Waals surface area contributed by atoms with E-state index >= 15 is 0 Å². The fourth-order valence-electron chi connectivity index (χ4n) is 4.57. The second kappa shape index (κ2) is 11.2. The minimum atomic E-state index is -0.345. The molecule has 0 fully saturated rings. The smallest absolute Gasteiger partial charge is 0.344 e. The zero-order valence-electron chi connectivity index (χ0n) is 19.5. The molecule has 2 aromatic carbocycles. The number of carbonyl (C=O) groups excluding carboxylic acids is 1. The first kappa shape index (κ1) is 23.2. The summed E-state index contributed by atoms with van der Waals surface area (Å²) in [4.78, 5) is 12.5. The average Bonchev–Trinajstić information content (AvgIpc) is 3.16. The normalized spacial score (nSPS) is 14.9. The van der Waals surface area contributed by atoms with E-state index in [1.165, 1.54) is 43.2 Å². The van der Waals surface area contributed by atoms with Gasteiger partial charge in [-0.2, -0.15) is 0 Å². The summed E-state index contributed by atoms with van der Waals surface area (Å²) >= 11 is 0. The Balaban J connectivity index is 1.54. The van der Waals surface area contributed by atoms with E-state index in [0.29, 0.717) is 0 Å². The van der Waals surface area contributed by atoms with Gasteiger partial charge in [-0.25, -0.2) is 4.79 Å². The Morgan fingerprint density at radius 3 is 2.52 bits per heavy atom. The van der Waals surface area contributed by atoms with Crippen LogP contribution in [0.15, 0.2) is 30.3 Å². The van der Waals surface area contributed by atoms with Gasteiger partial charge in [0.1, 0.15) is 17.6 Å². The summed E-state index contributed by atoms with van der Waals surface area (Å²) in [5.74, 6) is 1.23. The highest BCUT2D eigenvalue weighted by atomic mass is 16.6. The number of esters is 1. The molecule has 0 radical (unpaired) electrons. The largest absolute Gasteiger partial charge is 0.496 e. The van der Waals surface area contributed by atoms with E-state index in [9.17, 15) is 4.79 Å². The SMILES string of the molecule is CCCCCCCc1cc(C)c(OCC(=O)OC2CCc3cccc(OC)c32)c(C)c1. The number of ether oxygens (including phenoxy) is 3. The Morgan fingerprint density at radius 1 is 1.06 bits per heavy atom. The first-order valence-electron chi connectivity index (χ1n) is 11.6. The van der Waals surface area contributed by atoms with Gasteiger partial charge in [-0.1, -0.05) is 56.9 Å². The summed E-state index contributed by atoms with van der Waals surface area (Å²) in [5.41, 5.74) is 5.67. The second-order valence-corrected chi connectivity index (χ2v) is 8.56. The van der Waals surface area contributed by atoms with Crippen LogP contribution in [-0.2, 0) is 22.4 Å². The van der Waals surface area contributed by atoms with E-state index < -0.39 is 0 Å². The molecular weight excluding hydrogens is 388 g/mol. The third kappa shape index (κ3) is 6.03. The Hall–Kier alpha value is -2.49. The van der Waals surface area contributed by atoms with Crippen molar-refractivity contribution < 1.29 is 19.0 Å². The van der Waals surface area contributed by atoms with Crippen molar-refractivity contribution >= 4 is 5.97 Å². The van der Waals surface area contributed by atoms with E-state index in [0.717, 1.165) is 47.5 Å². The minimum Gasteiger partial charge on any atom is -0.496 e. The summed E-state index contributed by atoms with van der Waals surface area (Å²) in [5, 5.41) is 0. The zero-order chi connectivity index (χ0) is 22.2. The Labute approximate surface area is 186 Å². The third-order valence-electron chi connectivity index (χ3n) is 6.07. The quantitative estimate of drug-likeness (QED) is 0.308. The van der Waals surface area contributed by atoms with Gasteiger partial charge < -0.3 is 14.2 Å². The number of fused-ring (bicyclic) bond motifs is 1. The lowest BCUT2D eigenvalue weighted by atomic mass is 10.0. The Bertz CT molecular complexity index is 864. The molecule has 0 heterocycles. The maximum absolute atomic E-state index is 12.5. The van der Waals surface area contributed by atoms with Crippen molar-refractivity contribution in [1.82, 2.24) is 0 Å². The van der Waals surface area contributed by atoms with Crippen LogP contribution < -0.4 is 9.47 Å². The minimum absolute atomic E-state index is 0.0843. The van der Waals surface area contributed by atoms with Gasteiger partial charge in [0, 0.05) is 5.56 Å². The van der Waals surface area contributed by atoms with Crippen LogP contribution in [0.3, 0.4) is 0 Å². The van der Waals surface area contributed by atoms with Gasteiger partial charge in [0.15, 0.2) is 6.61 Å². The number of unbranched alkanes of at least 4 members (excludes halogenated alkanes) is 4. The maximum Gasteiger partial charge on any atom is 0.344 e. The maximum atomic E-state index is 12.5. The highest BCUT2D eigenvalue weighted by Crippen LogP contribution is 2.40. The fourth-order valence-corrected chi connectivity index (χ4v) is 4.57. The summed E-state index contributed by atoms with van der Waals surface area (Å²) in [6.07, 6.45) is 8.91. The molecule has 31 heavy (non-hydrogen) atoms. The zero-order valence-corrected chi connectivity index (χ0v) is 19.5. The number of carbonyl (C=O) groups is 1. The first-order chi connectivity index (χ1) is 15.0. The van der Waals surface area contributed by atoms with Crippen molar-refractivity contribution in [2.75, 3.05) is 13.7 Å². The molecule has 0 saturated carbocycles. The lowest BCUT2D eigenvalue weighted by Crippen LogP contribution is -2.18. The molecule has 1 aliphatic rings. The lowest BCUT2D eigenvalue weighted by Gasteiger charge is -2.17. The molecule has 4 nitrogen and oxygen atoms in total. The summed E-state index contributed by atoms with van der Waals surface area (Å²) in [6, 6.07) is 10.3. The van der Waals surface area contributed by atoms with Crippen molar-refractivity contribution in [2.24, 2.45) is 0 Å². The molecule has 168 valence electrons. The molecule has 3 rings (SSSR count). The standard InChI is InChI=1S/C27H36O4/c1-5-6-7-8-9-11-21-16-19(2)27(20(3)17-21)30-18-25(28)31-24-15-14-22-12-10-13-23(29-4)26(22)24/h10,12-13,16-17,24H,5-9,11,14-15,18H2,1-4H3. The highest BCUT2D eigenvalue weighted by molar-refractivity contribution is 5.72. The van der Waals surface area contributed by atoms with Gasteiger partial charge in [0.25, 0.3) is 0 Å². The van der Waals surface area contributed by atoms with Gasteiger partial charge in [-0.15, -0.1) is 0 Å². The predicted octanol–water partition coefficient (Wildman–Crippen LogP) is 6.43. The summed E-state index contributed by atoms with van der Waals surface area (Å²) in [6.45, 7) is 6.25. The van der Waals surface area contributed by atoms with E-state index in [2.05, 4.69) is 25.1 Å².